The molecule has 0 saturated heterocycles. The molecule has 30 heavy (non-hydrogen) atoms. The lowest BCUT2D eigenvalue weighted by Crippen LogP contribution is -2.30. The fourth-order valence-corrected chi connectivity index (χ4v) is 3.12. The van der Waals surface area contributed by atoms with E-state index >= 15 is 0 Å². The van der Waals surface area contributed by atoms with E-state index in [9.17, 15) is 18.0 Å². The van der Waals surface area contributed by atoms with Crippen LogP contribution in [0.4, 0.5) is 11.4 Å². The van der Waals surface area contributed by atoms with Crippen molar-refractivity contribution in [2.45, 2.75) is 26.9 Å². The van der Waals surface area contributed by atoms with E-state index in [0.29, 0.717) is 28.3 Å². The van der Waals surface area contributed by atoms with Gasteiger partial charge in [0.1, 0.15) is 5.75 Å². The summed E-state index contributed by atoms with van der Waals surface area (Å²) in [5.74, 6) is -0.425. The number of sulfonamides is 1. The summed E-state index contributed by atoms with van der Waals surface area (Å²) >= 11 is 0. The highest BCUT2D eigenvalue weighted by molar-refractivity contribution is 7.92. The normalized spacial score (nSPS) is 12.0. The van der Waals surface area contributed by atoms with Crippen molar-refractivity contribution in [2.24, 2.45) is 0 Å². The Hall–Kier alpha value is -3.07. The Kier molecular flexibility index (Phi) is 7.44. The van der Waals surface area contributed by atoms with Gasteiger partial charge in [-0.25, -0.2) is 13.2 Å². The van der Waals surface area contributed by atoms with Crippen LogP contribution in [0.2, 0.25) is 0 Å². The number of amides is 1. The molecule has 162 valence electrons. The molecule has 1 N–H and O–H groups in total. The highest BCUT2D eigenvalue weighted by atomic mass is 32.2. The molecule has 1 atom stereocenters. The van der Waals surface area contributed by atoms with Crippen LogP contribution in [-0.2, 0) is 19.6 Å². The Bertz CT molecular complexity index is 1020. The van der Waals surface area contributed by atoms with Crippen LogP contribution >= 0.6 is 0 Å². The third-order valence-electron chi connectivity index (χ3n) is 4.47. The van der Waals surface area contributed by atoms with E-state index in [1.807, 2.05) is 0 Å². The van der Waals surface area contributed by atoms with Gasteiger partial charge < -0.3 is 14.8 Å². The van der Waals surface area contributed by atoms with Crippen molar-refractivity contribution in [3.8, 4) is 5.75 Å². The zero-order valence-corrected chi connectivity index (χ0v) is 18.4. The van der Waals surface area contributed by atoms with Crippen molar-refractivity contribution in [1.29, 1.82) is 0 Å². The standard InChI is InChI=1S/C21H26N2O6S/c1-6-28-21(25)18-8-7-9-19(14(18)2)22-20(24)15(3)29-17-12-10-16(11-13-17)23(4)30(5,26)27/h7-13,15H,6H2,1-5H3,(H,22,24). The summed E-state index contributed by atoms with van der Waals surface area (Å²) in [6.45, 7) is 5.31. The van der Waals surface area contributed by atoms with Gasteiger partial charge in [0.15, 0.2) is 6.10 Å². The van der Waals surface area contributed by atoms with E-state index in [0.717, 1.165) is 10.6 Å². The fraction of sp³-hybridized carbons (Fsp3) is 0.333. The topological polar surface area (TPSA) is 102 Å². The number of ether oxygens (including phenoxy) is 2. The number of carbonyl (C=O) groups is 2. The maximum Gasteiger partial charge on any atom is 0.338 e. The summed E-state index contributed by atoms with van der Waals surface area (Å²) in [4.78, 5) is 24.6. The van der Waals surface area contributed by atoms with Crippen LogP contribution in [0.15, 0.2) is 42.5 Å². The first-order valence-corrected chi connectivity index (χ1v) is 11.2. The first kappa shape index (κ1) is 23.2. The Morgan fingerprint density at radius 1 is 1.13 bits per heavy atom. The zero-order valence-electron chi connectivity index (χ0n) is 17.6. The minimum absolute atomic E-state index is 0.262. The smallest absolute Gasteiger partial charge is 0.338 e. The number of anilines is 2. The van der Waals surface area contributed by atoms with E-state index in [2.05, 4.69) is 5.32 Å². The maximum atomic E-state index is 12.5. The van der Waals surface area contributed by atoms with Crippen molar-refractivity contribution in [1.82, 2.24) is 0 Å². The molecular formula is C21H26N2O6S. The second-order valence-electron chi connectivity index (χ2n) is 6.67. The monoisotopic (exact) mass is 434 g/mol. The van der Waals surface area contributed by atoms with Crippen LogP contribution in [0, 0.1) is 6.92 Å². The van der Waals surface area contributed by atoms with Gasteiger partial charge >= 0.3 is 5.97 Å². The molecule has 1 unspecified atom stereocenters. The highest BCUT2D eigenvalue weighted by Gasteiger charge is 2.19. The van der Waals surface area contributed by atoms with Gasteiger partial charge in [-0.3, -0.25) is 9.10 Å². The molecule has 0 aliphatic rings. The predicted molar refractivity (Wildman–Crippen MR) is 116 cm³/mol. The van der Waals surface area contributed by atoms with Crippen molar-refractivity contribution in [2.75, 3.05) is 29.5 Å². The highest BCUT2D eigenvalue weighted by Crippen LogP contribution is 2.23. The molecular weight excluding hydrogens is 408 g/mol. The molecule has 0 bridgehead atoms. The largest absolute Gasteiger partial charge is 0.481 e. The molecule has 0 heterocycles. The summed E-state index contributed by atoms with van der Waals surface area (Å²) in [6.07, 6.45) is 0.289. The lowest BCUT2D eigenvalue weighted by Gasteiger charge is -2.19. The molecule has 0 spiro atoms. The van der Waals surface area contributed by atoms with Crippen molar-refractivity contribution >= 4 is 33.3 Å². The van der Waals surface area contributed by atoms with Gasteiger partial charge in [0, 0.05) is 12.7 Å². The number of carbonyl (C=O) groups excluding carboxylic acids is 2. The van der Waals surface area contributed by atoms with Gasteiger partial charge in [0.05, 0.1) is 24.1 Å². The maximum absolute atomic E-state index is 12.5. The molecule has 2 rings (SSSR count). The van der Waals surface area contributed by atoms with Gasteiger partial charge in [0.2, 0.25) is 10.0 Å². The SMILES string of the molecule is CCOC(=O)c1cccc(NC(=O)C(C)Oc2ccc(N(C)S(C)(=O)=O)cc2)c1C. The van der Waals surface area contributed by atoms with Crippen LogP contribution in [0.1, 0.15) is 29.8 Å². The molecule has 1 amide bonds. The summed E-state index contributed by atoms with van der Waals surface area (Å²) in [7, 11) is -1.91. The Balaban J connectivity index is 2.07. The molecule has 0 saturated carbocycles. The Morgan fingerprint density at radius 3 is 2.33 bits per heavy atom. The molecule has 0 radical (unpaired) electrons. The lowest BCUT2D eigenvalue weighted by atomic mass is 10.1. The van der Waals surface area contributed by atoms with Crippen LogP contribution in [0.3, 0.4) is 0 Å². The van der Waals surface area contributed by atoms with E-state index < -0.39 is 28.0 Å². The first-order valence-electron chi connectivity index (χ1n) is 9.32. The van der Waals surface area contributed by atoms with E-state index in [-0.39, 0.29) is 6.61 Å². The average molecular weight is 435 g/mol. The molecule has 0 aliphatic heterocycles. The van der Waals surface area contributed by atoms with Crippen molar-refractivity contribution in [3.05, 3.63) is 53.6 Å². The first-order chi connectivity index (χ1) is 14.0. The van der Waals surface area contributed by atoms with Crippen molar-refractivity contribution in [3.63, 3.8) is 0 Å². The van der Waals surface area contributed by atoms with E-state index in [1.54, 1.807) is 63.2 Å². The molecule has 9 heteroatoms. The van der Waals surface area contributed by atoms with Crippen molar-refractivity contribution < 1.29 is 27.5 Å². The minimum atomic E-state index is -3.36. The average Bonchev–Trinajstić information content (AvgIpc) is 2.69. The van der Waals surface area contributed by atoms with E-state index in [1.165, 1.54) is 7.05 Å². The minimum Gasteiger partial charge on any atom is -0.481 e. The molecule has 2 aromatic carbocycles. The number of hydrogen-bond donors (Lipinski definition) is 1. The third-order valence-corrected chi connectivity index (χ3v) is 5.67. The summed E-state index contributed by atoms with van der Waals surface area (Å²) in [5, 5.41) is 2.76. The van der Waals surface area contributed by atoms with Gasteiger partial charge in [-0.2, -0.15) is 0 Å². The lowest BCUT2D eigenvalue weighted by molar-refractivity contribution is -0.122. The zero-order chi connectivity index (χ0) is 22.5. The van der Waals surface area contributed by atoms with Gasteiger partial charge in [-0.05, 0) is 62.7 Å². The van der Waals surface area contributed by atoms with Crippen LogP contribution in [0.5, 0.6) is 5.75 Å². The quantitative estimate of drug-likeness (QED) is 0.641. The van der Waals surface area contributed by atoms with Crippen LogP contribution < -0.4 is 14.4 Å². The van der Waals surface area contributed by atoms with Gasteiger partial charge in [0.25, 0.3) is 5.91 Å². The van der Waals surface area contributed by atoms with Gasteiger partial charge in [-0.1, -0.05) is 6.07 Å². The predicted octanol–water partition coefficient (Wildman–Crippen LogP) is 2.97. The number of benzene rings is 2. The molecule has 0 aromatic heterocycles. The van der Waals surface area contributed by atoms with Crippen LogP contribution in [-0.4, -0.2) is 46.3 Å². The second kappa shape index (κ2) is 9.62. The number of nitrogens with one attached hydrogen (secondary N) is 1. The van der Waals surface area contributed by atoms with Crippen LogP contribution in [0.25, 0.3) is 0 Å². The second-order valence-corrected chi connectivity index (χ2v) is 8.69. The third kappa shape index (κ3) is 5.73. The number of hydrogen-bond acceptors (Lipinski definition) is 6. The fourth-order valence-electron chi connectivity index (χ4n) is 2.62. The summed E-state index contributed by atoms with van der Waals surface area (Å²) in [5.41, 5.74) is 1.96. The molecule has 0 aliphatic carbocycles. The number of nitrogens with zero attached hydrogens (tertiary/aromatic N) is 1. The molecule has 0 fully saturated rings. The number of rotatable bonds is 8. The molecule has 8 nitrogen and oxygen atoms in total. The summed E-state index contributed by atoms with van der Waals surface area (Å²) < 4.78 is 35.0. The molecule has 2 aromatic rings. The Morgan fingerprint density at radius 2 is 1.77 bits per heavy atom. The summed E-state index contributed by atoms with van der Waals surface area (Å²) in [6, 6.07) is 11.4. The Labute approximate surface area is 176 Å². The number of esters is 1. The van der Waals surface area contributed by atoms with E-state index in [4.69, 9.17) is 9.47 Å². The van der Waals surface area contributed by atoms with Gasteiger partial charge in [-0.15, -0.1) is 0 Å².